The van der Waals surface area contributed by atoms with Crippen LogP contribution in [-0.4, -0.2) is 27.4 Å². The summed E-state index contributed by atoms with van der Waals surface area (Å²) >= 11 is 0. The highest BCUT2D eigenvalue weighted by Gasteiger charge is 2.44. The number of hydrogen-bond acceptors (Lipinski definition) is 4. The molecule has 0 spiro atoms. The van der Waals surface area contributed by atoms with E-state index < -0.39 is 23.6 Å². The fraction of sp³-hybridized carbons (Fsp3) is 0.385. The van der Waals surface area contributed by atoms with Crippen LogP contribution in [0, 0.1) is 11.3 Å². The van der Waals surface area contributed by atoms with Crippen molar-refractivity contribution in [2.24, 2.45) is 0 Å². The molecule has 5 heteroatoms. The van der Waals surface area contributed by atoms with Crippen molar-refractivity contribution in [2.45, 2.75) is 30.5 Å². The van der Waals surface area contributed by atoms with Gasteiger partial charge in [0.25, 0.3) is 0 Å². The van der Waals surface area contributed by atoms with Crippen LogP contribution in [0.5, 0.6) is 0 Å². The molecular formula is C13H13NO4. The quantitative estimate of drug-likeness (QED) is 0.727. The van der Waals surface area contributed by atoms with E-state index in [1.807, 2.05) is 0 Å². The number of aliphatic hydroxyl groups excluding tert-OH is 2. The number of hydrogen-bond donors (Lipinski definition) is 3. The minimum absolute atomic E-state index is 0.322. The predicted molar refractivity (Wildman–Crippen MR) is 61.6 cm³/mol. The normalized spacial score (nSPS) is 19.6. The van der Waals surface area contributed by atoms with Gasteiger partial charge in [-0.3, -0.25) is 0 Å². The predicted octanol–water partition coefficient (Wildman–Crippen LogP) is 0.721. The van der Waals surface area contributed by atoms with Crippen molar-refractivity contribution in [3.05, 3.63) is 35.4 Å². The maximum atomic E-state index is 10.5. The number of nitriles is 1. The first-order valence-electron chi connectivity index (χ1n) is 5.61. The molecule has 1 saturated carbocycles. The van der Waals surface area contributed by atoms with Gasteiger partial charge in [-0.1, -0.05) is 24.3 Å². The largest absolute Gasteiger partial charge is 0.479 e. The fourth-order valence-corrected chi connectivity index (χ4v) is 1.91. The minimum atomic E-state index is -1.85. The Morgan fingerprint density at radius 2 is 1.83 bits per heavy atom. The van der Waals surface area contributed by atoms with E-state index in [1.165, 1.54) is 0 Å². The number of carbonyl (C=O) groups is 1. The summed E-state index contributed by atoms with van der Waals surface area (Å²) in [6, 6.07) is 8.74. The van der Waals surface area contributed by atoms with Crippen LogP contribution in [0.3, 0.4) is 0 Å². The summed E-state index contributed by atoms with van der Waals surface area (Å²) < 4.78 is 0. The lowest BCUT2D eigenvalue weighted by atomic mass is 9.95. The van der Waals surface area contributed by atoms with E-state index in [4.69, 9.17) is 10.4 Å². The maximum Gasteiger partial charge on any atom is 0.335 e. The standard InChI is InChI=1S/C13H13NO4/c14-7-13(5-6-13)9-3-1-8(2-4-9)10(15)11(16)12(17)18/h1-4,10-11,15-16H,5-6H2,(H,17,18). The average molecular weight is 247 g/mol. The fourth-order valence-electron chi connectivity index (χ4n) is 1.91. The highest BCUT2D eigenvalue weighted by Crippen LogP contribution is 2.47. The van der Waals surface area contributed by atoms with Crippen LogP contribution in [0.15, 0.2) is 24.3 Å². The molecule has 2 atom stereocenters. The smallest absolute Gasteiger partial charge is 0.335 e. The highest BCUT2D eigenvalue weighted by atomic mass is 16.4. The van der Waals surface area contributed by atoms with Gasteiger partial charge in [-0.15, -0.1) is 0 Å². The van der Waals surface area contributed by atoms with E-state index >= 15 is 0 Å². The van der Waals surface area contributed by atoms with Crippen LogP contribution >= 0.6 is 0 Å². The Morgan fingerprint density at radius 3 is 2.22 bits per heavy atom. The number of benzene rings is 1. The van der Waals surface area contributed by atoms with Gasteiger partial charge in [-0.05, 0) is 24.0 Å². The van der Waals surface area contributed by atoms with E-state index in [-0.39, 0.29) is 0 Å². The van der Waals surface area contributed by atoms with Gasteiger partial charge < -0.3 is 15.3 Å². The summed E-state index contributed by atoms with van der Waals surface area (Å²) in [6.45, 7) is 0. The first kappa shape index (κ1) is 12.6. The zero-order valence-electron chi connectivity index (χ0n) is 9.58. The van der Waals surface area contributed by atoms with Gasteiger partial charge in [0.1, 0.15) is 6.10 Å². The second kappa shape index (κ2) is 4.41. The molecule has 1 aliphatic carbocycles. The molecule has 0 aromatic heterocycles. The number of nitrogens with zero attached hydrogens (tertiary/aromatic N) is 1. The third kappa shape index (κ3) is 2.08. The Morgan fingerprint density at radius 1 is 1.28 bits per heavy atom. The summed E-state index contributed by atoms with van der Waals surface area (Å²) in [6.07, 6.45) is -1.66. The van der Waals surface area contributed by atoms with Gasteiger partial charge in [-0.25, -0.2) is 4.79 Å². The number of rotatable bonds is 4. The molecular weight excluding hydrogens is 234 g/mol. The molecule has 1 fully saturated rings. The number of carboxylic acid groups (broad SMARTS) is 1. The van der Waals surface area contributed by atoms with Gasteiger partial charge in [-0.2, -0.15) is 5.26 Å². The number of aliphatic hydroxyl groups is 2. The molecule has 18 heavy (non-hydrogen) atoms. The van der Waals surface area contributed by atoms with Crippen LogP contribution in [0.25, 0.3) is 0 Å². The van der Waals surface area contributed by atoms with E-state index in [2.05, 4.69) is 6.07 Å². The monoisotopic (exact) mass is 247 g/mol. The van der Waals surface area contributed by atoms with Crippen molar-refractivity contribution in [2.75, 3.05) is 0 Å². The van der Waals surface area contributed by atoms with E-state index in [9.17, 15) is 15.0 Å². The van der Waals surface area contributed by atoms with Gasteiger partial charge in [0.05, 0.1) is 11.5 Å². The van der Waals surface area contributed by atoms with Crippen molar-refractivity contribution in [3.63, 3.8) is 0 Å². The SMILES string of the molecule is N#CC1(c2ccc(C(O)C(O)C(=O)O)cc2)CC1. The van der Waals surface area contributed by atoms with Crippen LogP contribution < -0.4 is 0 Å². The molecule has 2 unspecified atom stereocenters. The van der Waals surface area contributed by atoms with Gasteiger partial charge in [0.15, 0.2) is 6.10 Å². The van der Waals surface area contributed by atoms with Crippen LogP contribution in [0.2, 0.25) is 0 Å². The first-order valence-corrected chi connectivity index (χ1v) is 5.61. The zero-order chi connectivity index (χ0) is 13.3. The second-order valence-electron chi connectivity index (χ2n) is 4.54. The lowest BCUT2D eigenvalue weighted by Crippen LogP contribution is -2.27. The molecule has 5 nitrogen and oxygen atoms in total. The summed E-state index contributed by atoms with van der Waals surface area (Å²) in [5.74, 6) is -1.47. The van der Waals surface area contributed by atoms with Gasteiger partial charge in [0, 0.05) is 0 Å². The van der Waals surface area contributed by atoms with Crippen molar-refractivity contribution in [1.82, 2.24) is 0 Å². The molecule has 0 bridgehead atoms. The third-order valence-electron chi connectivity index (χ3n) is 3.32. The van der Waals surface area contributed by atoms with E-state index in [0.29, 0.717) is 5.56 Å². The lowest BCUT2D eigenvalue weighted by molar-refractivity contribution is -0.153. The molecule has 94 valence electrons. The summed E-state index contributed by atoms with van der Waals surface area (Å²) in [4.78, 5) is 10.5. The second-order valence-corrected chi connectivity index (χ2v) is 4.54. The van der Waals surface area contributed by atoms with Crippen molar-refractivity contribution in [1.29, 1.82) is 5.26 Å². The summed E-state index contributed by atoms with van der Waals surface area (Å²) in [5.41, 5.74) is 0.780. The van der Waals surface area contributed by atoms with Crippen LogP contribution in [0.4, 0.5) is 0 Å². The summed E-state index contributed by atoms with van der Waals surface area (Å²) in [5, 5.41) is 36.5. The van der Waals surface area contributed by atoms with E-state index in [0.717, 1.165) is 18.4 Å². The molecule has 0 aliphatic heterocycles. The van der Waals surface area contributed by atoms with Crippen LogP contribution in [-0.2, 0) is 10.2 Å². The molecule has 0 amide bonds. The van der Waals surface area contributed by atoms with Crippen molar-refractivity contribution in [3.8, 4) is 6.07 Å². The molecule has 0 saturated heterocycles. The third-order valence-corrected chi connectivity index (χ3v) is 3.32. The zero-order valence-corrected chi connectivity index (χ0v) is 9.58. The average Bonchev–Trinajstić information content (AvgIpc) is 3.18. The molecule has 1 aromatic rings. The Bertz CT molecular complexity index is 499. The van der Waals surface area contributed by atoms with Crippen molar-refractivity contribution >= 4 is 5.97 Å². The van der Waals surface area contributed by atoms with Crippen molar-refractivity contribution < 1.29 is 20.1 Å². The minimum Gasteiger partial charge on any atom is -0.479 e. The molecule has 0 heterocycles. The molecule has 2 rings (SSSR count). The Labute approximate surface area is 104 Å². The topological polar surface area (TPSA) is 102 Å². The number of carboxylic acids is 1. The summed E-state index contributed by atoms with van der Waals surface area (Å²) in [7, 11) is 0. The lowest BCUT2D eigenvalue weighted by Gasteiger charge is -2.15. The Hall–Kier alpha value is -1.90. The Kier molecular flexibility index (Phi) is 3.07. The highest BCUT2D eigenvalue weighted by molar-refractivity contribution is 5.73. The van der Waals surface area contributed by atoms with Gasteiger partial charge >= 0.3 is 5.97 Å². The Balaban J connectivity index is 2.18. The molecule has 1 aromatic carbocycles. The van der Waals surface area contributed by atoms with E-state index in [1.54, 1.807) is 24.3 Å². The maximum absolute atomic E-state index is 10.5. The molecule has 0 radical (unpaired) electrons. The molecule has 1 aliphatic rings. The molecule has 3 N–H and O–H groups in total. The van der Waals surface area contributed by atoms with Gasteiger partial charge in [0.2, 0.25) is 0 Å². The van der Waals surface area contributed by atoms with Crippen LogP contribution in [0.1, 0.15) is 30.1 Å². The first-order chi connectivity index (χ1) is 8.50. The number of aliphatic carboxylic acids is 1.